The van der Waals surface area contributed by atoms with Crippen LogP contribution in [0.1, 0.15) is 23.5 Å². The summed E-state index contributed by atoms with van der Waals surface area (Å²) in [6, 6.07) is 6.19. The number of halogens is 1. The van der Waals surface area contributed by atoms with Crippen molar-refractivity contribution in [2.45, 2.75) is 18.8 Å². The minimum absolute atomic E-state index is 0.182. The maximum Gasteiger partial charge on any atom is 0.0471 e. The summed E-state index contributed by atoms with van der Waals surface area (Å²) in [7, 11) is 2.15. The lowest BCUT2D eigenvalue weighted by molar-refractivity contribution is 0.299. The van der Waals surface area contributed by atoms with Gasteiger partial charge in [0.1, 0.15) is 0 Å². The van der Waals surface area contributed by atoms with Gasteiger partial charge in [-0.1, -0.05) is 23.7 Å². The van der Waals surface area contributed by atoms with Crippen LogP contribution in [0, 0.1) is 0 Å². The van der Waals surface area contributed by atoms with E-state index in [4.69, 9.17) is 16.7 Å². The molecule has 2 rings (SSSR count). The molecule has 0 amide bonds. The van der Waals surface area contributed by atoms with Crippen LogP contribution in [0.25, 0.3) is 0 Å². The zero-order chi connectivity index (χ0) is 11.5. The predicted molar refractivity (Wildman–Crippen MR) is 67.1 cm³/mol. The number of hydrogen-bond donors (Lipinski definition) is 1. The van der Waals surface area contributed by atoms with E-state index in [9.17, 15) is 0 Å². The Kier molecular flexibility index (Phi) is 3.85. The number of benzene rings is 1. The first kappa shape index (κ1) is 11.9. The smallest absolute Gasteiger partial charge is 0.0471 e. The highest BCUT2D eigenvalue weighted by atomic mass is 35.5. The highest BCUT2D eigenvalue weighted by Gasteiger charge is 2.22. The van der Waals surface area contributed by atoms with Gasteiger partial charge in [-0.05, 0) is 49.5 Å². The molecule has 88 valence electrons. The van der Waals surface area contributed by atoms with E-state index in [-0.39, 0.29) is 6.61 Å². The maximum absolute atomic E-state index is 8.88. The molecule has 1 aromatic carbocycles. The third-order valence-corrected chi connectivity index (χ3v) is 3.62. The molecule has 0 radical (unpaired) electrons. The van der Waals surface area contributed by atoms with Crippen molar-refractivity contribution in [1.29, 1.82) is 0 Å². The topological polar surface area (TPSA) is 23.5 Å². The number of hydrogen-bond acceptors (Lipinski definition) is 2. The molecule has 1 heterocycles. The van der Waals surface area contributed by atoms with E-state index in [1.54, 1.807) is 0 Å². The zero-order valence-corrected chi connectivity index (χ0v) is 10.4. The molecule has 0 bridgehead atoms. The average molecular weight is 240 g/mol. The minimum atomic E-state index is 0.182. The van der Waals surface area contributed by atoms with Gasteiger partial charge in [0.2, 0.25) is 0 Å². The molecule has 3 heteroatoms. The maximum atomic E-state index is 8.88. The highest BCUT2D eigenvalue weighted by Crippen LogP contribution is 2.32. The Labute approximate surface area is 102 Å². The van der Waals surface area contributed by atoms with Crippen LogP contribution in [0.3, 0.4) is 0 Å². The number of likely N-dealkylation sites (tertiary alicyclic amines) is 1. The first-order valence-electron chi connectivity index (χ1n) is 5.78. The quantitative estimate of drug-likeness (QED) is 0.875. The van der Waals surface area contributed by atoms with E-state index >= 15 is 0 Å². The molecule has 1 saturated heterocycles. The fourth-order valence-corrected chi connectivity index (χ4v) is 2.73. The van der Waals surface area contributed by atoms with Gasteiger partial charge in [-0.25, -0.2) is 0 Å². The third-order valence-electron chi connectivity index (χ3n) is 3.30. The molecule has 1 aromatic rings. The van der Waals surface area contributed by atoms with Crippen LogP contribution in [0.4, 0.5) is 0 Å². The molecular weight excluding hydrogens is 222 g/mol. The zero-order valence-electron chi connectivity index (χ0n) is 9.62. The van der Waals surface area contributed by atoms with Crippen LogP contribution in [0.15, 0.2) is 18.2 Å². The second kappa shape index (κ2) is 5.17. The molecule has 2 nitrogen and oxygen atoms in total. The molecule has 1 aliphatic rings. The van der Waals surface area contributed by atoms with Gasteiger partial charge in [0.25, 0.3) is 0 Å². The number of aliphatic hydroxyl groups is 1. The van der Waals surface area contributed by atoms with Gasteiger partial charge in [-0.3, -0.25) is 0 Å². The van der Waals surface area contributed by atoms with Crippen LogP contribution in [0.2, 0.25) is 5.02 Å². The summed E-state index contributed by atoms with van der Waals surface area (Å²) in [6.45, 7) is 2.43. The van der Waals surface area contributed by atoms with Gasteiger partial charge >= 0.3 is 0 Å². The summed E-state index contributed by atoms with van der Waals surface area (Å²) in [5.41, 5.74) is 2.37. The van der Waals surface area contributed by atoms with Gasteiger partial charge in [0.05, 0.1) is 0 Å². The average Bonchev–Trinajstić information content (AvgIpc) is 2.65. The second-order valence-corrected chi connectivity index (χ2v) is 4.98. The Morgan fingerprint density at radius 3 is 2.88 bits per heavy atom. The first-order chi connectivity index (χ1) is 7.70. The molecule has 0 spiro atoms. The summed E-state index contributed by atoms with van der Waals surface area (Å²) >= 11 is 6.29. The summed E-state index contributed by atoms with van der Waals surface area (Å²) in [6.07, 6.45) is 1.88. The van der Waals surface area contributed by atoms with Crippen LogP contribution in [0.5, 0.6) is 0 Å². The molecule has 1 atom stereocenters. The largest absolute Gasteiger partial charge is 0.396 e. The summed E-state index contributed by atoms with van der Waals surface area (Å²) < 4.78 is 0. The summed E-state index contributed by atoms with van der Waals surface area (Å²) in [4.78, 5) is 2.34. The molecule has 1 fully saturated rings. The minimum Gasteiger partial charge on any atom is -0.396 e. The Morgan fingerprint density at radius 1 is 1.50 bits per heavy atom. The lowest BCUT2D eigenvalue weighted by atomic mass is 9.96. The number of rotatable bonds is 3. The third kappa shape index (κ3) is 2.57. The SMILES string of the molecule is CN1CCC(c2ccc(CCO)cc2Cl)C1. The lowest BCUT2D eigenvalue weighted by Crippen LogP contribution is -2.13. The van der Waals surface area contributed by atoms with Gasteiger partial charge in [-0.15, -0.1) is 0 Å². The molecule has 1 unspecified atom stereocenters. The van der Waals surface area contributed by atoms with Crippen molar-refractivity contribution in [3.8, 4) is 0 Å². The Balaban J connectivity index is 2.16. The van der Waals surface area contributed by atoms with Crippen LogP contribution in [-0.4, -0.2) is 36.8 Å². The second-order valence-electron chi connectivity index (χ2n) is 4.58. The van der Waals surface area contributed by atoms with Gasteiger partial charge in [-0.2, -0.15) is 0 Å². The van der Waals surface area contributed by atoms with Crippen molar-refractivity contribution in [2.24, 2.45) is 0 Å². The standard InChI is InChI=1S/C13H18ClNO/c1-15-6-4-11(9-15)12-3-2-10(5-7-16)8-13(12)14/h2-3,8,11,16H,4-7,9H2,1H3. The van der Waals surface area contributed by atoms with Crippen LogP contribution >= 0.6 is 11.6 Å². The van der Waals surface area contributed by atoms with Crippen molar-refractivity contribution in [1.82, 2.24) is 4.90 Å². The van der Waals surface area contributed by atoms with E-state index in [2.05, 4.69) is 24.1 Å². The van der Waals surface area contributed by atoms with Crippen molar-refractivity contribution < 1.29 is 5.11 Å². The molecule has 0 aliphatic carbocycles. The van der Waals surface area contributed by atoms with Crippen molar-refractivity contribution in [2.75, 3.05) is 26.7 Å². The normalized spacial score (nSPS) is 21.6. The Morgan fingerprint density at radius 2 is 2.31 bits per heavy atom. The van der Waals surface area contributed by atoms with Crippen molar-refractivity contribution >= 4 is 11.6 Å². The molecular formula is C13H18ClNO. The predicted octanol–water partition coefficient (Wildman–Crippen LogP) is 2.29. The van der Waals surface area contributed by atoms with Crippen LogP contribution in [-0.2, 0) is 6.42 Å². The van der Waals surface area contributed by atoms with E-state index in [1.165, 1.54) is 12.0 Å². The molecule has 1 N–H and O–H groups in total. The monoisotopic (exact) mass is 239 g/mol. The molecule has 16 heavy (non-hydrogen) atoms. The Bertz CT molecular complexity index is 367. The van der Waals surface area contributed by atoms with E-state index in [0.29, 0.717) is 12.3 Å². The van der Waals surface area contributed by atoms with E-state index in [0.717, 1.165) is 23.7 Å². The summed E-state index contributed by atoms with van der Waals surface area (Å²) in [5, 5.41) is 9.73. The molecule has 0 aromatic heterocycles. The number of aliphatic hydroxyl groups excluding tert-OH is 1. The van der Waals surface area contributed by atoms with Gasteiger partial charge in [0.15, 0.2) is 0 Å². The lowest BCUT2D eigenvalue weighted by Gasteiger charge is -2.13. The number of likely N-dealkylation sites (N-methyl/N-ethyl adjacent to an activating group) is 1. The van der Waals surface area contributed by atoms with Crippen molar-refractivity contribution in [3.05, 3.63) is 34.3 Å². The summed E-state index contributed by atoms with van der Waals surface area (Å²) in [5.74, 6) is 0.570. The highest BCUT2D eigenvalue weighted by molar-refractivity contribution is 6.31. The first-order valence-corrected chi connectivity index (χ1v) is 6.16. The van der Waals surface area contributed by atoms with E-state index < -0.39 is 0 Å². The fourth-order valence-electron chi connectivity index (χ4n) is 2.38. The molecule has 0 saturated carbocycles. The van der Waals surface area contributed by atoms with E-state index in [1.807, 2.05) is 6.07 Å². The van der Waals surface area contributed by atoms with Gasteiger partial charge < -0.3 is 10.0 Å². The number of nitrogens with zero attached hydrogens (tertiary/aromatic N) is 1. The Hall–Kier alpha value is -0.570. The molecule has 1 aliphatic heterocycles. The fraction of sp³-hybridized carbons (Fsp3) is 0.538. The van der Waals surface area contributed by atoms with Crippen molar-refractivity contribution in [3.63, 3.8) is 0 Å². The van der Waals surface area contributed by atoms with Crippen LogP contribution < -0.4 is 0 Å². The van der Waals surface area contributed by atoms with Gasteiger partial charge in [0, 0.05) is 18.2 Å².